The Bertz CT molecular complexity index is 633. The lowest BCUT2D eigenvalue weighted by Crippen LogP contribution is -2.08. The number of nitrogens with zero attached hydrogens (tertiary/aromatic N) is 1. The van der Waals surface area contributed by atoms with Gasteiger partial charge in [0.15, 0.2) is 11.5 Å². The Labute approximate surface area is 96.2 Å². The summed E-state index contributed by atoms with van der Waals surface area (Å²) in [6, 6.07) is 3.03. The number of nitrogens with one attached hydrogen (secondary N) is 1. The normalized spacial score (nSPS) is 10.2. The zero-order valence-electron chi connectivity index (χ0n) is 9.31. The Morgan fingerprint density at radius 3 is 2.82 bits per heavy atom. The predicted molar refractivity (Wildman–Crippen MR) is 60.2 cm³/mol. The minimum Gasteiger partial charge on any atom is -0.491 e. The number of fused-ring (bicyclic) bond motifs is 1. The summed E-state index contributed by atoms with van der Waals surface area (Å²) in [6.07, 6.45) is 1.27. The second kappa shape index (κ2) is 4.25. The molecule has 1 N–H and O–H groups in total. The molecule has 17 heavy (non-hydrogen) atoms. The van der Waals surface area contributed by atoms with Crippen LogP contribution in [-0.4, -0.2) is 23.0 Å². The van der Waals surface area contributed by atoms with E-state index >= 15 is 0 Å². The third-order valence-corrected chi connectivity index (χ3v) is 2.19. The molecule has 2 aromatic rings. The van der Waals surface area contributed by atoms with Gasteiger partial charge in [-0.2, -0.15) is 0 Å². The molecule has 0 atom stereocenters. The van der Waals surface area contributed by atoms with Gasteiger partial charge >= 0.3 is 5.97 Å². The van der Waals surface area contributed by atoms with Crippen LogP contribution in [0.5, 0.6) is 11.5 Å². The van der Waals surface area contributed by atoms with Crippen LogP contribution in [0.2, 0.25) is 0 Å². The molecule has 0 bridgehead atoms. The Morgan fingerprint density at radius 2 is 2.18 bits per heavy atom. The van der Waals surface area contributed by atoms with Crippen LogP contribution in [0.1, 0.15) is 6.92 Å². The summed E-state index contributed by atoms with van der Waals surface area (Å²) in [6.45, 7) is 1.29. The van der Waals surface area contributed by atoms with Gasteiger partial charge in [0.05, 0.1) is 18.8 Å². The molecule has 0 aliphatic rings. The van der Waals surface area contributed by atoms with E-state index in [2.05, 4.69) is 9.97 Å². The van der Waals surface area contributed by atoms with E-state index in [9.17, 15) is 9.59 Å². The van der Waals surface area contributed by atoms with Gasteiger partial charge in [-0.15, -0.1) is 0 Å². The van der Waals surface area contributed by atoms with Gasteiger partial charge in [-0.3, -0.25) is 9.59 Å². The van der Waals surface area contributed by atoms with Crippen LogP contribution < -0.4 is 15.0 Å². The van der Waals surface area contributed by atoms with Crippen molar-refractivity contribution in [1.82, 2.24) is 9.97 Å². The molecular formula is C11H10N2O4. The van der Waals surface area contributed by atoms with E-state index in [1.807, 2.05) is 0 Å². The van der Waals surface area contributed by atoms with Crippen LogP contribution in [0, 0.1) is 0 Å². The van der Waals surface area contributed by atoms with Gasteiger partial charge in [0.2, 0.25) is 0 Å². The number of hydrogen-bond acceptors (Lipinski definition) is 5. The van der Waals surface area contributed by atoms with E-state index in [1.165, 1.54) is 32.5 Å². The number of ether oxygens (including phenoxy) is 2. The maximum absolute atomic E-state index is 11.5. The van der Waals surface area contributed by atoms with Crippen LogP contribution in [0.15, 0.2) is 23.3 Å². The van der Waals surface area contributed by atoms with Gasteiger partial charge in [-0.05, 0) is 12.1 Å². The number of benzene rings is 1. The van der Waals surface area contributed by atoms with Crippen molar-refractivity contribution in [3.8, 4) is 11.5 Å². The van der Waals surface area contributed by atoms with E-state index < -0.39 is 5.97 Å². The fourth-order valence-corrected chi connectivity index (χ4v) is 1.53. The molecule has 2 rings (SSSR count). The number of aromatic nitrogens is 2. The minimum atomic E-state index is -0.465. The van der Waals surface area contributed by atoms with Crippen LogP contribution >= 0.6 is 0 Å². The first kappa shape index (κ1) is 11.1. The van der Waals surface area contributed by atoms with Crippen molar-refractivity contribution < 1.29 is 14.3 Å². The molecule has 0 saturated carbocycles. The van der Waals surface area contributed by atoms with Crippen LogP contribution in [0.4, 0.5) is 0 Å². The van der Waals surface area contributed by atoms with E-state index in [1.54, 1.807) is 0 Å². The van der Waals surface area contributed by atoms with E-state index in [-0.39, 0.29) is 17.1 Å². The number of methoxy groups -OCH3 is 1. The Hall–Kier alpha value is -2.37. The summed E-state index contributed by atoms with van der Waals surface area (Å²) in [5.41, 5.74) is 0.0812. The highest BCUT2D eigenvalue weighted by molar-refractivity contribution is 5.87. The second-order valence-electron chi connectivity index (χ2n) is 3.32. The quantitative estimate of drug-likeness (QED) is 0.615. The van der Waals surface area contributed by atoms with Crippen molar-refractivity contribution in [2.24, 2.45) is 0 Å². The molecule has 1 aromatic carbocycles. The maximum Gasteiger partial charge on any atom is 0.308 e. The van der Waals surface area contributed by atoms with Crippen molar-refractivity contribution in [1.29, 1.82) is 0 Å². The molecular weight excluding hydrogens is 224 g/mol. The van der Waals surface area contributed by atoms with Crippen molar-refractivity contribution >= 4 is 16.9 Å². The topological polar surface area (TPSA) is 81.3 Å². The van der Waals surface area contributed by atoms with Crippen molar-refractivity contribution in [2.45, 2.75) is 6.92 Å². The first-order chi connectivity index (χ1) is 8.13. The molecule has 88 valence electrons. The number of esters is 1. The smallest absolute Gasteiger partial charge is 0.308 e. The molecule has 0 radical (unpaired) electrons. The lowest BCUT2D eigenvalue weighted by molar-refractivity contribution is -0.131. The summed E-state index contributed by atoms with van der Waals surface area (Å²) in [4.78, 5) is 28.9. The molecule has 6 heteroatoms. The molecule has 0 aliphatic heterocycles. The van der Waals surface area contributed by atoms with E-state index in [0.717, 1.165) is 0 Å². The standard InChI is InChI=1S/C11H10N2O4/c1-6(14)17-8-4-3-7-9(10(8)16-2)12-5-13-11(7)15/h3-5H,1-2H3,(H,12,13,15). The van der Waals surface area contributed by atoms with Gasteiger partial charge in [0.25, 0.3) is 5.56 Å². The summed E-state index contributed by atoms with van der Waals surface area (Å²) in [7, 11) is 1.42. The first-order valence-electron chi connectivity index (χ1n) is 4.86. The van der Waals surface area contributed by atoms with E-state index in [4.69, 9.17) is 9.47 Å². The number of H-pyrrole nitrogens is 1. The average Bonchev–Trinajstić information content (AvgIpc) is 2.28. The highest BCUT2D eigenvalue weighted by Gasteiger charge is 2.13. The lowest BCUT2D eigenvalue weighted by atomic mass is 10.2. The zero-order chi connectivity index (χ0) is 12.4. The van der Waals surface area contributed by atoms with Gasteiger partial charge in [-0.25, -0.2) is 4.98 Å². The molecule has 1 heterocycles. The van der Waals surface area contributed by atoms with Crippen molar-refractivity contribution in [3.05, 3.63) is 28.8 Å². The molecule has 1 aromatic heterocycles. The molecule has 0 saturated heterocycles. The molecule has 0 aliphatic carbocycles. The first-order valence-corrected chi connectivity index (χ1v) is 4.86. The molecule has 0 spiro atoms. The van der Waals surface area contributed by atoms with Crippen LogP contribution in [0.25, 0.3) is 10.9 Å². The summed E-state index contributed by atoms with van der Waals surface area (Å²) < 4.78 is 10.1. The number of aromatic amines is 1. The lowest BCUT2D eigenvalue weighted by Gasteiger charge is -2.09. The highest BCUT2D eigenvalue weighted by atomic mass is 16.6. The maximum atomic E-state index is 11.5. The van der Waals surface area contributed by atoms with Crippen LogP contribution in [0.3, 0.4) is 0 Å². The minimum absolute atomic E-state index is 0.241. The Kier molecular flexibility index (Phi) is 2.78. The largest absolute Gasteiger partial charge is 0.491 e. The summed E-state index contributed by atoms with van der Waals surface area (Å²) in [5.74, 6) is 0.0434. The van der Waals surface area contributed by atoms with Gasteiger partial charge in [-0.1, -0.05) is 0 Å². The molecule has 0 amide bonds. The summed E-state index contributed by atoms with van der Waals surface area (Å²) in [5, 5.41) is 0.375. The van der Waals surface area contributed by atoms with Gasteiger partial charge in [0, 0.05) is 6.92 Å². The highest BCUT2D eigenvalue weighted by Crippen LogP contribution is 2.32. The monoisotopic (exact) mass is 234 g/mol. The number of carbonyl (C=O) groups excluding carboxylic acids is 1. The fourth-order valence-electron chi connectivity index (χ4n) is 1.53. The molecule has 0 fully saturated rings. The molecule has 6 nitrogen and oxygen atoms in total. The Balaban J connectivity index is 2.73. The van der Waals surface area contributed by atoms with E-state index in [0.29, 0.717) is 10.9 Å². The average molecular weight is 234 g/mol. The fraction of sp³-hybridized carbons (Fsp3) is 0.182. The third-order valence-electron chi connectivity index (χ3n) is 2.19. The predicted octanol–water partition coefficient (Wildman–Crippen LogP) is 0.857. The van der Waals surface area contributed by atoms with Crippen molar-refractivity contribution in [3.63, 3.8) is 0 Å². The number of hydrogen-bond donors (Lipinski definition) is 1. The summed E-state index contributed by atoms with van der Waals surface area (Å²) >= 11 is 0. The third kappa shape index (κ3) is 1.96. The van der Waals surface area contributed by atoms with Crippen LogP contribution in [-0.2, 0) is 4.79 Å². The SMILES string of the molecule is COc1c(OC(C)=O)ccc2c(=O)[nH]cnc12. The van der Waals surface area contributed by atoms with Gasteiger partial charge < -0.3 is 14.5 Å². The molecule has 0 unspecified atom stereocenters. The second-order valence-corrected chi connectivity index (χ2v) is 3.32. The number of carbonyl (C=O) groups is 1. The number of rotatable bonds is 2. The van der Waals surface area contributed by atoms with Gasteiger partial charge in [0.1, 0.15) is 5.52 Å². The zero-order valence-corrected chi connectivity index (χ0v) is 9.31. The van der Waals surface area contributed by atoms with Crippen molar-refractivity contribution in [2.75, 3.05) is 7.11 Å². The Morgan fingerprint density at radius 1 is 1.41 bits per heavy atom.